The second-order valence-corrected chi connectivity index (χ2v) is 10.3. The molecule has 2 N–H and O–H groups in total. The van der Waals surface area contributed by atoms with Crippen LogP contribution in [0.5, 0.6) is 11.5 Å². The summed E-state index contributed by atoms with van der Waals surface area (Å²) in [5.74, 6) is 1.01. The van der Waals surface area contributed by atoms with E-state index in [2.05, 4.69) is 10.3 Å². The third-order valence-corrected chi connectivity index (χ3v) is 7.15. The zero-order chi connectivity index (χ0) is 25.6. The lowest BCUT2D eigenvalue weighted by atomic mass is 9.78. The van der Waals surface area contributed by atoms with Crippen molar-refractivity contribution in [3.8, 4) is 11.5 Å². The van der Waals surface area contributed by atoms with Crippen molar-refractivity contribution in [1.29, 1.82) is 0 Å². The smallest absolute Gasteiger partial charge is 0.165 e. The van der Waals surface area contributed by atoms with Gasteiger partial charge in [0, 0.05) is 17.2 Å². The highest BCUT2D eigenvalue weighted by Gasteiger charge is 2.25. The zero-order valence-electron chi connectivity index (χ0n) is 19.9. The summed E-state index contributed by atoms with van der Waals surface area (Å²) in [4.78, 5) is 0. The van der Waals surface area contributed by atoms with Crippen molar-refractivity contribution in [3.05, 3.63) is 68.8 Å². The van der Waals surface area contributed by atoms with Gasteiger partial charge < -0.3 is 19.7 Å². The van der Waals surface area contributed by atoms with E-state index in [1.165, 1.54) is 10.7 Å². The van der Waals surface area contributed by atoms with Gasteiger partial charge in [-0.05, 0) is 58.0 Å². The van der Waals surface area contributed by atoms with E-state index in [1.54, 1.807) is 6.07 Å². The highest BCUT2D eigenvalue weighted by Crippen LogP contribution is 2.34. The molecule has 1 heterocycles. The van der Waals surface area contributed by atoms with Crippen LogP contribution in [0.4, 0.5) is 4.39 Å². The van der Waals surface area contributed by atoms with Crippen LogP contribution in [0, 0.1) is 15.4 Å². The Labute approximate surface area is 223 Å². The molecular weight excluding hydrogens is 588 g/mol. The normalized spacial score (nSPS) is 13.5. The van der Waals surface area contributed by atoms with Gasteiger partial charge in [-0.2, -0.15) is 0 Å². The van der Waals surface area contributed by atoms with Crippen LogP contribution in [0.1, 0.15) is 37.6 Å². The first-order valence-corrected chi connectivity index (χ1v) is 12.9. The number of alkyl halides is 1. The third-order valence-electron chi connectivity index (χ3n) is 5.78. The fraction of sp³-hybridized carbons (Fsp3) is 0.440. The fourth-order valence-electron chi connectivity index (χ4n) is 3.47. The monoisotopic (exact) mass is 617 g/mol. The molecule has 3 rings (SSSR count). The minimum absolute atomic E-state index is 0.0546. The molecule has 0 spiro atoms. The molecule has 0 saturated carbocycles. The molecule has 0 saturated heterocycles. The van der Waals surface area contributed by atoms with Crippen LogP contribution in [0.2, 0.25) is 0 Å². The number of rotatable bonds is 12. The number of hydrogen-bond acceptors (Lipinski definition) is 6. The summed E-state index contributed by atoms with van der Waals surface area (Å²) in [6.45, 7) is 6.36. The predicted molar refractivity (Wildman–Crippen MR) is 141 cm³/mol. The van der Waals surface area contributed by atoms with E-state index >= 15 is 0 Å². The summed E-state index contributed by atoms with van der Waals surface area (Å²) in [6, 6.07) is 12.5. The Hall–Kier alpha value is -1.95. The largest absolute Gasteiger partial charge is 0.491 e. The van der Waals surface area contributed by atoms with Crippen LogP contribution in [0.3, 0.4) is 0 Å². The molecule has 1 aromatic heterocycles. The highest BCUT2D eigenvalue weighted by molar-refractivity contribution is 14.1. The van der Waals surface area contributed by atoms with Gasteiger partial charge in [-0.3, -0.25) is 0 Å². The molecule has 0 amide bonds. The Kier molecular flexibility index (Phi) is 9.74. The number of nitrogens with zero attached hydrogens (tertiary/aromatic N) is 3. The topological polar surface area (TPSA) is 89.6 Å². The minimum Gasteiger partial charge on any atom is -0.491 e. The molecule has 35 heavy (non-hydrogen) atoms. The van der Waals surface area contributed by atoms with Gasteiger partial charge in [0.1, 0.15) is 22.2 Å². The first kappa shape index (κ1) is 27.6. The molecule has 190 valence electrons. The predicted octanol–water partition coefficient (Wildman–Crippen LogP) is 4.53. The second kappa shape index (κ2) is 12.3. The Balaban J connectivity index is 1.61. The zero-order valence-corrected chi connectivity index (χ0v) is 22.8. The molecule has 3 aromatic rings. The summed E-state index contributed by atoms with van der Waals surface area (Å²) in [7, 11) is 0. The second-order valence-electron chi connectivity index (χ2n) is 9.00. The van der Waals surface area contributed by atoms with Gasteiger partial charge in [0.25, 0.3) is 0 Å². The van der Waals surface area contributed by atoms with Crippen molar-refractivity contribution in [3.63, 3.8) is 0 Å². The van der Waals surface area contributed by atoms with Crippen molar-refractivity contribution in [2.24, 2.45) is 5.92 Å². The van der Waals surface area contributed by atoms with Gasteiger partial charge in [-0.25, -0.2) is 9.07 Å². The maximum absolute atomic E-state index is 14.7. The fourth-order valence-corrected chi connectivity index (χ4v) is 4.10. The molecule has 0 fully saturated rings. The number of aliphatic hydroxyl groups is 2. The Bertz CT molecular complexity index is 1110. The van der Waals surface area contributed by atoms with Crippen LogP contribution >= 0.6 is 34.2 Å². The molecule has 7 nitrogen and oxygen atoms in total. The number of aromatic nitrogens is 3. The average molecular weight is 618 g/mol. The van der Waals surface area contributed by atoms with Crippen LogP contribution in [-0.4, -0.2) is 50.4 Å². The molecule has 0 aliphatic heterocycles. The van der Waals surface area contributed by atoms with Crippen molar-refractivity contribution in [2.75, 3.05) is 19.1 Å². The minimum atomic E-state index is -0.829. The van der Waals surface area contributed by atoms with Gasteiger partial charge in [-0.15, -0.1) is 16.7 Å². The number of ether oxygens (including phenoxy) is 2. The third kappa shape index (κ3) is 7.05. The Morgan fingerprint density at radius 2 is 1.80 bits per heavy atom. The first-order chi connectivity index (χ1) is 16.6. The average Bonchev–Trinajstić information content (AvgIpc) is 3.20. The van der Waals surface area contributed by atoms with Crippen LogP contribution in [-0.2, 0) is 18.6 Å². The molecule has 2 atom stereocenters. The SMILES string of the molecule is CC(CCl)COc1ccc(C(C)(C)c2ccc(OCC(O)Cn3nnc(I)c3CO)cc2)cc1F. The lowest BCUT2D eigenvalue weighted by Crippen LogP contribution is -2.25. The van der Waals surface area contributed by atoms with E-state index in [4.69, 9.17) is 21.1 Å². The molecule has 10 heteroatoms. The van der Waals surface area contributed by atoms with Gasteiger partial charge in [0.2, 0.25) is 0 Å². The molecule has 0 aliphatic rings. The number of hydrogen-bond donors (Lipinski definition) is 2. The van der Waals surface area contributed by atoms with E-state index in [0.717, 1.165) is 11.1 Å². The maximum Gasteiger partial charge on any atom is 0.165 e. The molecular formula is C25H30ClFIN3O4. The van der Waals surface area contributed by atoms with E-state index < -0.39 is 17.3 Å². The maximum atomic E-state index is 14.7. The lowest BCUT2D eigenvalue weighted by molar-refractivity contribution is 0.0866. The van der Waals surface area contributed by atoms with E-state index in [9.17, 15) is 14.6 Å². The van der Waals surface area contributed by atoms with Crippen molar-refractivity contribution in [1.82, 2.24) is 15.0 Å². The van der Waals surface area contributed by atoms with E-state index in [-0.39, 0.29) is 31.4 Å². The summed E-state index contributed by atoms with van der Waals surface area (Å²) in [6.07, 6.45) is -0.829. The summed E-state index contributed by atoms with van der Waals surface area (Å²) in [5, 5.41) is 27.5. The van der Waals surface area contributed by atoms with E-state index in [0.29, 0.717) is 27.6 Å². The summed E-state index contributed by atoms with van der Waals surface area (Å²) in [5.41, 5.74) is 1.90. The summed E-state index contributed by atoms with van der Waals surface area (Å²) >= 11 is 7.78. The van der Waals surface area contributed by atoms with Crippen molar-refractivity contribution < 1.29 is 24.1 Å². The lowest BCUT2D eigenvalue weighted by Gasteiger charge is -2.27. The molecule has 2 aromatic carbocycles. The standard InChI is InChI=1S/C25H30ClFIN3O4/c1-16(11-26)14-35-23-9-6-18(10-21(23)27)25(2,3)17-4-7-20(8-5-17)34-15-19(33)12-31-22(13-32)24(28)29-30-31/h4-10,16,19,32-33H,11-15H2,1-3H3. The molecule has 0 bridgehead atoms. The van der Waals surface area contributed by atoms with Crippen molar-refractivity contribution >= 4 is 34.2 Å². The quantitative estimate of drug-likeness (QED) is 0.229. The van der Waals surface area contributed by atoms with Crippen LogP contribution in [0.15, 0.2) is 42.5 Å². The van der Waals surface area contributed by atoms with Crippen molar-refractivity contribution in [2.45, 2.75) is 45.4 Å². The Morgan fingerprint density at radius 3 is 2.43 bits per heavy atom. The van der Waals surface area contributed by atoms with Crippen LogP contribution in [0.25, 0.3) is 0 Å². The molecule has 0 aliphatic carbocycles. The molecule has 0 radical (unpaired) electrons. The number of halogens is 3. The highest BCUT2D eigenvalue weighted by atomic mass is 127. The van der Waals surface area contributed by atoms with E-state index in [1.807, 2.05) is 73.7 Å². The van der Waals surface area contributed by atoms with Gasteiger partial charge in [0.15, 0.2) is 11.6 Å². The summed E-state index contributed by atoms with van der Waals surface area (Å²) < 4.78 is 28.0. The number of aliphatic hydroxyl groups excluding tert-OH is 2. The molecule has 2 unspecified atom stereocenters. The van der Waals surface area contributed by atoms with Gasteiger partial charge in [-0.1, -0.05) is 44.2 Å². The van der Waals surface area contributed by atoms with Gasteiger partial charge in [0.05, 0.1) is 25.5 Å². The number of benzene rings is 2. The Morgan fingerprint density at radius 1 is 1.11 bits per heavy atom. The van der Waals surface area contributed by atoms with Crippen LogP contribution < -0.4 is 9.47 Å². The first-order valence-electron chi connectivity index (χ1n) is 11.2. The van der Waals surface area contributed by atoms with Gasteiger partial charge >= 0.3 is 0 Å².